The monoisotopic (exact) mass is 354 g/mol. The Labute approximate surface area is 137 Å². The van der Waals surface area contributed by atoms with Crippen LogP contribution in [-0.2, 0) is 21.4 Å². The minimum Gasteiger partial charge on any atom is -0.324 e. The van der Waals surface area contributed by atoms with Gasteiger partial charge in [-0.1, -0.05) is 6.07 Å². The first-order valence-corrected chi connectivity index (χ1v) is 9.83. The molecule has 1 aromatic carbocycles. The molecule has 0 spiro atoms. The number of rotatable bonds is 4. The van der Waals surface area contributed by atoms with E-state index in [0.29, 0.717) is 5.69 Å². The number of carbonyl (C=O) groups is 1. The van der Waals surface area contributed by atoms with Gasteiger partial charge in [0.1, 0.15) is 0 Å². The highest BCUT2D eigenvalue weighted by atomic mass is 32.2. The van der Waals surface area contributed by atoms with E-state index in [2.05, 4.69) is 10.0 Å². The summed E-state index contributed by atoms with van der Waals surface area (Å²) in [5.74, 6) is -0.112. The second-order valence-electron chi connectivity index (χ2n) is 4.81. The highest BCUT2D eigenvalue weighted by molar-refractivity contribution is 8.01. The standard InChI is InChI=1S/C14H14N2O3S3/c1-9-14(17)16-12-7-11(4-5-13(12)21-9)22(18,19)15-8-10-3-2-6-20-10/h2-7,9,15H,8H2,1H3,(H,16,17). The zero-order valence-corrected chi connectivity index (χ0v) is 14.1. The van der Waals surface area contributed by atoms with Crippen LogP contribution < -0.4 is 10.0 Å². The number of nitrogens with one attached hydrogen (secondary N) is 2. The van der Waals surface area contributed by atoms with Crippen LogP contribution in [0.4, 0.5) is 5.69 Å². The maximum absolute atomic E-state index is 12.3. The van der Waals surface area contributed by atoms with Gasteiger partial charge < -0.3 is 5.32 Å². The van der Waals surface area contributed by atoms with Crippen LogP contribution in [0.25, 0.3) is 0 Å². The molecule has 116 valence electrons. The van der Waals surface area contributed by atoms with E-state index in [1.54, 1.807) is 12.1 Å². The fourth-order valence-electron chi connectivity index (χ4n) is 2.02. The second kappa shape index (κ2) is 6.04. The van der Waals surface area contributed by atoms with Crippen LogP contribution in [0.5, 0.6) is 0 Å². The van der Waals surface area contributed by atoms with Crippen molar-refractivity contribution in [2.75, 3.05) is 5.32 Å². The first kappa shape index (κ1) is 15.5. The average molecular weight is 354 g/mol. The predicted octanol–water partition coefficient (Wildman–Crippen LogP) is 2.66. The van der Waals surface area contributed by atoms with E-state index in [4.69, 9.17) is 0 Å². The van der Waals surface area contributed by atoms with E-state index in [1.807, 2.05) is 24.4 Å². The van der Waals surface area contributed by atoms with Crippen molar-refractivity contribution in [3.05, 3.63) is 40.6 Å². The Hall–Kier alpha value is -1.35. The second-order valence-corrected chi connectivity index (χ2v) is 8.99. The molecule has 1 aromatic heterocycles. The van der Waals surface area contributed by atoms with Crippen LogP contribution in [-0.4, -0.2) is 19.6 Å². The summed E-state index contributed by atoms with van der Waals surface area (Å²) in [6, 6.07) is 8.55. The molecule has 1 aliphatic heterocycles. The summed E-state index contributed by atoms with van der Waals surface area (Å²) in [7, 11) is -3.60. The largest absolute Gasteiger partial charge is 0.324 e. The number of fused-ring (bicyclic) bond motifs is 1. The molecule has 1 aliphatic rings. The summed E-state index contributed by atoms with van der Waals surface area (Å²) in [6.07, 6.45) is 0. The number of hydrogen-bond acceptors (Lipinski definition) is 5. The molecule has 0 bridgehead atoms. The number of amides is 1. The van der Waals surface area contributed by atoms with E-state index < -0.39 is 10.0 Å². The lowest BCUT2D eigenvalue weighted by Gasteiger charge is -2.21. The van der Waals surface area contributed by atoms with Gasteiger partial charge in [0.25, 0.3) is 0 Å². The topological polar surface area (TPSA) is 75.3 Å². The average Bonchev–Trinajstić information content (AvgIpc) is 2.99. The van der Waals surface area contributed by atoms with Crippen molar-refractivity contribution in [1.82, 2.24) is 4.72 Å². The van der Waals surface area contributed by atoms with Gasteiger partial charge >= 0.3 is 0 Å². The number of sulfonamides is 1. The number of thioether (sulfide) groups is 1. The molecule has 0 saturated heterocycles. The predicted molar refractivity (Wildman–Crippen MR) is 88.7 cm³/mol. The molecule has 1 atom stereocenters. The number of thiophene rings is 1. The van der Waals surface area contributed by atoms with Crippen LogP contribution in [0, 0.1) is 0 Å². The van der Waals surface area contributed by atoms with E-state index in [9.17, 15) is 13.2 Å². The Morgan fingerprint density at radius 3 is 2.86 bits per heavy atom. The van der Waals surface area contributed by atoms with Crippen LogP contribution in [0.15, 0.2) is 45.5 Å². The minimum atomic E-state index is -3.60. The maximum Gasteiger partial charge on any atom is 0.240 e. The van der Waals surface area contributed by atoms with E-state index >= 15 is 0 Å². The SMILES string of the molecule is CC1Sc2ccc(S(=O)(=O)NCc3cccs3)cc2NC1=O. The molecule has 2 aromatic rings. The molecule has 22 heavy (non-hydrogen) atoms. The lowest BCUT2D eigenvalue weighted by molar-refractivity contribution is -0.115. The molecule has 3 rings (SSSR count). The fraction of sp³-hybridized carbons (Fsp3) is 0.214. The van der Waals surface area contributed by atoms with Crippen molar-refractivity contribution >= 4 is 44.7 Å². The molecule has 0 aliphatic carbocycles. The van der Waals surface area contributed by atoms with E-state index in [0.717, 1.165) is 9.77 Å². The van der Waals surface area contributed by atoms with Gasteiger partial charge in [0.05, 0.1) is 15.8 Å². The van der Waals surface area contributed by atoms with Crippen molar-refractivity contribution in [3.8, 4) is 0 Å². The van der Waals surface area contributed by atoms with Crippen molar-refractivity contribution in [1.29, 1.82) is 0 Å². The molecule has 2 heterocycles. The summed E-state index contributed by atoms with van der Waals surface area (Å²) in [5, 5.41) is 4.47. The third-order valence-electron chi connectivity index (χ3n) is 3.21. The van der Waals surface area contributed by atoms with Gasteiger partial charge in [-0.05, 0) is 36.6 Å². The summed E-state index contributed by atoms with van der Waals surface area (Å²) in [4.78, 5) is 13.7. The lowest BCUT2D eigenvalue weighted by atomic mass is 10.3. The third kappa shape index (κ3) is 3.19. The molecule has 0 saturated carbocycles. The molecule has 1 unspecified atom stereocenters. The van der Waals surface area contributed by atoms with Gasteiger partial charge in [0, 0.05) is 16.3 Å². The van der Waals surface area contributed by atoms with Gasteiger partial charge in [-0.15, -0.1) is 23.1 Å². The van der Waals surface area contributed by atoms with Crippen LogP contribution in [0.1, 0.15) is 11.8 Å². The molecule has 2 N–H and O–H groups in total. The Morgan fingerprint density at radius 1 is 1.32 bits per heavy atom. The number of anilines is 1. The maximum atomic E-state index is 12.3. The summed E-state index contributed by atoms with van der Waals surface area (Å²) in [6.45, 7) is 2.07. The zero-order valence-electron chi connectivity index (χ0n) is 11.7. The molecule has 0 fully saturated rings. The van der Waals surface area contributed by atoms with Crippen molar-refractivity contribution in [2.24, 2.45) is 0 Å². The Kier molecular flexibility index (Phi) is 4.26. The molecule has 0 radical (unpaired) electrons. The van der Waals surface area contributed by atoms with Gasteiger partial charge in [0.2, 0.25) is 15.9 Å². The van der Waals surface area contributed by atoms with E-state index in [-0.39, 0.29) is 22.6 Å². The summed E-state index contributed by atoms with van der Waals surface area (Å²) in [5.41, 5.74) is 0.548. The van der Waals surface area contributed by atoms with Crippen LogP contribution >= 0.6 is 23.1 Å². The van der Waals surface area contributed by atoms with E-state index in [1.165, 1.54) is 29.2 Å². The van der Waals surface area contributed by atoms with Crippen molar-refractivity contribution in [3.63, 3.8) is 0 Å². The van der Waals surface area contributed by atoms with Gasteiger partial charge in [-0.25, -0.2) is 13.1 Å². The quantitative estimate of drug-likeness (QED) is 0.885. The third-order valence-corrected chi connectivity index (χ3v) is 6.66. The fourth-order valence-corrected chi connectivity index (χ4v) is 4.72. The smallest absolute Gasteiger partial charge is 0.240 e. The van der Waals surface area contributed by atoms with Gasteiger partial charge in [0.15, 0.2) is 0 Å². The molecular weight excluding hydrogens is 340 g/mol. The highest BCUT2D eigenvalue weighted by Gasteiger charge is 2.25. The summed E-state index contributed by atoms with van der Waals surface area (Å²) < 4.78 is 27.2. The van der Waals surface area contributed by atoms with Crippen LogP contribution in [0.3, 0.4) is 0 Å². The Bertz CT molecular complexity index is 801. The molecular formula is C14H14N2O3S3. The number of hydrogen-bond donors (Lipinski definition) is 2. The zero-order chi connectivity index (χ0) is 15.7. The van der Waals surface area contributed by atoms with Gasteiger partial charge in [-0.3, -0.25) is 4.79 Å². The van der Waals surface area contributed by atoms with Crippen molar-refractivity contribution in [2.45, 2.75) is 28.5 Å². The summed E-state index contributed by atoms with van der Waals surface area (Å²) >= 11 is 2.92. The van der Waals surface area contributed by atoms with Crippen LogP contribution in [0.2, 0.25) is 0 Å². The Morgan fingerprint density at radius 2 is 2.14 bits per heavy atom. The molecule has 1 amide bonds. The normalized spacial score (nSPS) is 17.9. The minimum absolute atomic E-state index is 0.112. The van der Waals surface area contributed by atoms with Gasteiger partial charge in [-0.2, -0.15) is 0 Å². The number of benzene rings is 1. The molecule has 5 nitrogen and oxygen atoms in total. The highest BCUT2D eigenvalue weighted by Crippen LogP contribution is 2.36. The lowest BCUT2D eigenvalue weighted by Crippen LogP contribution is -2.27. The number of carbonyl (C=O) groups excluding carboxylic acids is 1. The molecule has 8 heteroatoms. The first-order valence-electron chi connectivity index (χ1n) is 6.59. The first-order chi connectivity index (χ1) is 10.5. The van der Waals surface area contributed by atoms with Crippen molar-refractivity contribution < 1.29 is 13.2 Å². The Balaban J connectivity index is 1.82.